The maximum atomic E-state index is 11.0. The lowest BCUT2D eigenvalue weighted by Crippen LogP contribution is -2.06. The molecule has 2 heterocycles. The summed E-state index contributed by atoms with van der Waals surface area (Å²) >= 11 is 0. The molecule has 2 rings (SSSR count). The number of ether oxygens (including phenoxy) is 2. The van der Waals surface area contributed by atoms with Crippen LogP contribution in [-0.2, 0) is 6.61 Å². The zero-order chi connectivity index (χ0) is 13.7. The third-order valence-corrected chi connectivity index (χ3v) is 2.37. The molecule has 1 N–H and O–H groups in total. The minimum Gasteiger partial charge on any atom is -0.497 e. The first-order valence-corrected chi connectivity index (χ1v) is 5.50. The van der Waals surface area contributed by atoms with E-state index in [9.17, 15) is 4.79 Å². The zero-order valence-corrected chi connectivity index (χ0v) is 10.2. The van der Waals surface area contributed by atoms with E-state index in [0.717, 1.165) is 0 Å². The fraction of sp³-hybridized carbons (Fsp3) is 0.154. The smallest absolute Gasteiger partial charge is 0.358 e. The number of aromatic nitrogens is 2. The summed E-state index contributed by atoms with van der Waals surface area (Å²) in [5.74, 6) is -0.257. The second kappa shape index (κ2) is 5.81. The average Bonchev–Trinajstić information content (AvgIpc) is 2.45. The van der Waals surface area contributed by atoms with Crippen molar-refractivity contribution in [2.24, 2.45) is 0 Å². The van der Waals surface area contributed by atoms with Crippen molar-refractivity contribution in [1.82, 2.24) is 9.97 Å². The van der Waals surface area contributed by atoms with Crippen LogP contribution < -0.4 is 9.47 Å². The number of hydrogen-bond acceptors (Lipinski definition) is 5. The van der Waals surface area contributed by atoms with Gasteiger partial charge in [0.1, 0.15) is 12.4 Å². The molecule has 0 aliphatic rings. The normalized spacial score (nSPS) is 9.95. The molecule has 0 amide bonds. The molecule has 0 fully saturated rings. The van der Waals surface area contributed by atoms with Crippen LogP contribution in [-0.4, -0.2) is 28.2 Å². The number of rotatable bonds is 5. The largest absolute Gasteiger partial charge is 0.497 e. The summed E-state index contributed by atoms with van der Waals surface area (Å²) in [4.78, 5) is 18.8. The Balaban J connectivity index is 2.12. The molecule has 0 bridgehead atoms. The van der Waals surface area contributed by atoms with Crippen molar-refractivity contribution in [3.8, 4) is 11.5 Å². The molecule has 0 aliphatic carbocycles. The van der Waals surface area contributed by atoms with Gasteiger partial charge in [-0.15, -0.1) is 0 Å². The lowest BCUT2D eigenvalue weighted by atomic mass is 10.3. The molecule has 0 saturated carbocycles. The fourth-order valence-corrected chi connectivity index (χ4v) is 1.48. The van der Waals surface area contributed by atoms with Crippen molar-refractivity contribution in [2.45, 2.75) is 6.61 Å². The van der Waals surface area contributed by atoms with Crippen molar-refractivity contribution < 1.29 is 19.4 Å². The molecule has 0 atom stereocenters. The molecular weight excluding hydrogens is 248 g/mol. The minimum absolute atomic E-state index is 0.120. The van der Waals surface area contributed by atoms with E-state index in [1.165, 1.54) is 6.20 Å². The molecule has 0 aromatic carbocycles. The highest BCUT2D eigenvalue weighted by atomic mass is 16.5. The predicted octanol–water partition coefficient (Wildman–Crippen LogP) is 1.76. The van der Waals surface area contributed by atoms with Gasteiger partial charge in [-0.05, 0) is 18.2 Å². The number of methoxy groups -OCH3 is 1. The maximum Gasteiger partial charge on any atom is 0.358 e. The van der Waals surface area contributed by atoms with E-state index in [0.29, 0.717) is 11.4 Å². The van der Waals surface area contributed by atoms with Gasteiger partial charge in [0.2, 0.25) is 0 Å². The third-order valence-electron chi connectivity index (χ3n) is 2.37. The molecule has 2 aromatic rings. The molecule has 2 aromatic heterocycles. The van der Waals surface area contributed by atoms with Crippen LogP contribution in [0.1, 0.15) is 16.2 Å². The van der Waals surface area contributed by atoms with Gasteiger partial charge in [0.05, 0.1) is 12.8 Å². The summed E-state index contributed by atoms with van der Waals surface area (Å²) in [5.41, 5.74) is 0.518. The molecule has 98 valence electrons. The second-order valence-electron chi connectivity index (χ2n) is 3.63. The number of carboxylic acids is 1. The van der Waals surface area contributed by atoms with Gasteiger partial charge in [0.25, 0.3) is 0 Å². The number of aromatic carboxylic acids is 1. The topological polar surface area (TPSA) is 81.5 Å². The molecule has 6 heteroatoms. The summed E-state index contributed by atoms with van der Waals surface area (Å²) in [7, 11) is 1.56. The van der Waals surface area contributed by atoms with Crippen molar-refractivity contribution in [3.05, 3.63) is 48.0 Å². The molecule has 0 radical (unpaired) electrons. The van der Waals surface area contributed by atoms with Crippen LogP contribution in [0.5, 0.6) is 11.5 Å². The Labute approximate surface area is 109 Å². The van der Waals surface area contributed by atoms with E-state index < -0.39 is 5.97 Å². The van der Waals surface area contributed by atoms with Crippen molar-refractivity contribution in [1.29, 1.82) is 0 Å². The lowest BCUT2D eigenvalue weighted by Gasteiger charge is -2.08. The minimum atomic E-state index is -1.13. The fourth-order valence-electron chi connectivity index (χ4n) is 1.48. The zero-order valence-electron chi connectivity index (χ0n) is 10.2. The van der Waals surface area contributed by atoms with E-state index in [1.807, 2.05) is 0 Å². The summed E-state index contributed by atoms with van der Waals surface area (Å²) in [6.45, 7) is 0.142. The van der Waals surface area contributed by atoms with Gasteiger partial charge in [-0.1, -0.05) is 0 Å². The van der Waals surface area contributed by atoms with Crippen molar-refractivity contribution in [3.63, 3.8) is 0 Å². The molecule has 6 nitrogen and oxygen atoms in total. The first-order chi connectivity index (χ1) is 9.20. The Morgan fingerprint density at radius 3 is 2.89 bits per heavy atom. The first kappa shape index (κ1) is 12.8. The first-order valence-electron chi connectivity index (χ1n) is 5.50. The number of hydrogen-bond donors (Lipinski definition) is 1. The molecule has 0 aliphatic heterocycles. The van der Waals surface area contributed by atoms with Crippen LogP contribution >= 0.6 is 0 Å². The van der Waals surface area contributed by atoms with Crippen LogP contribution in [0.3, 0.4) is 0 Å². The molecule has 0 saturated heterocycles. The Kier molecular flexibility index (Phi) is 3.92. The summed E-state index contributed by atoms with van der Waals surface area (Å²) in [5, 5.41) is 8.97. The number of pyridine rings is 2. The van der Waals surface area contributed by atoms with Gasteiger partial charge in [-0.25, -0.2) is 9.78 Å². The standard InChI is InChI=1S/C13H12N2O4/c1-18-10-4-6-14-9(7-10)8-19-11-3-2-5-15-12(11)13(16)17/h2-7H,8H2,1H3,(H,16,17). The van der Waals surface area contributed by atoms with E-state index in [1.54, 1.807) is 37.6 Å². The van der Waals surface area contributed by atoms with Gasteiger partial charge in [0.15, 0.2) is 11.4 Å². The quantitative estimate of drug-likeness (QED) is 0.882. The van der Waals surface area contributed by atoms with Crippen LogP contribution in [0.2, 0.25) is 0 Å². The summed E-state index contributed by atoms with van der Waals surface area (Å²) in [6, 6.07) is 6.60. The highest BCUT2D eigenvalue weighted by Crippen LogP contribution is 2.17. The average molecular weight is 260 g/mol. The number of carbonyl (C=O) groups is 1. The number of nitrogens with zero attached hydrogens (tertiary/aromatic N) is 2. The Morgan fingerprint density at radius 1 is 1.32 bits per heavy atom. The van der Waals surface area contributed by atoms with E-state index in [4.69, 9.17) is 14.6 Å². The summed E-state index contributed by atoms with van der Waals surface area (Å²) in [6.07, 6.45) is 3.00. The predicted molar refractivity (Wildman–Crippen MR) is 66.3 cm³/mol. The highest BCUT2D eigenvalue weighted by molar-refractivity contribution is 5.88. The van der Waals surface area contributed by atoms with Gasteiger partial charge in [-0.3, -0.25) is 4.98 Å². The van der Waals surface area contributed by atoms with Crippen LogP contribution in [0.25, 0.3) is 0 Å². The van der Waals surface area contributed by atoms with Crippen LogP contribution in [0.4, 0.5) is 0 Å². The van der Waals surface area contributed by atoms with Crippen LogP contribution in [0.15, 0.2) is 36.7 Å². The number of carboxylic acid groups (broad SMARTS) is 1. The van der Waals surface area contributed by atoms with Crippen LogP contribution in [0, 0.1) is 0 Å². The van der Waals surface area contributed by atoms with Gasteiger partial charge < -0.3 is 14.6 Å². The SMILES string of the molecule is COc1ccnc(COc2cccnc2C(=O)O)c1. The maximum absolute atomic E-state index is 11.0. The Morgan fingerprint density at radius 2 is 2.16 bits per heavy atom. The second-order valence-corrected chi connectivity index (χ2v) is 3.63. The van der Waals surface area contributed by atoms with Gasteiger partial charge >= 0.3 is 5.97 Å². The molecular formula is C13H12N2O4. The molecule has 19 heavy (non-hydrogen) atoms. The van der Waals surface area contributed by atoms with E-state index >= 15 is 0 Å². The van der Waals surface area contributed by atoms with Crippen molar-refractivity contribution in [2.75, 3.05) is 7.11 Å². The van der Waals surface area contributed by atoms with E-state index in [-0.39, 0.29) is 18.1 Å². The monoisotopic (exact) mass is 260 g/mol. The highest BCUT2D eigenvalue weighted by Gasteiger charge is 2.12. The Hall–Kier alpha value is -2.63. The van der Waals surface area contributed by atoms with Crippen molar-refractivity contribution >= 4 is 5.97 Å². The third kappa shape index (κ3) is 3.19. The van der Waals surface area contributed by atoms with Gasteiger partial charge in [-0.2, -0.15) is 0 Å². The van der Waals surface area contributed by atoms with Gasteiger partial charge in [0, 0.05) is 18.5 Å². The molecule has 0 unspecified atom stereocenters. The Bertz CT molecular complexity index is 586. The summed E-state index contributed by atoms with van der Waals surface area (Å²) < 4.78 is 10.5. The van der Waals surface area contributed by atoms with E-state index in [2.05, 4.69) is 9.97 Å². The molecule has 0 spiro atoms. The lowest BCUT2D eigenvalue weighted by molar-refractivity contribution is 0.0684.